The summed E-state index contributed by atoms with van der Waals surface area (Å²) in [5.74, 6) is -0.0120. The van der Waals surface area contributed by atoms with Crippen molar-refractivity contribution in [2.75, 3.05) is 17.7 Å². The summed E-state index contributed by atoms with van der Waals surface area (Å²) in [6.45, 7) is 4.80. The van der Waals surface area contributed by atoms with E-state index in [1.165, 1.54) is 0 Å². The van der Waals surface area contributed by atoms with Gasteiger partial charge in [0, 0.05) is 17.5 Å². The van der Waals surface area contributed by atoms with E-state index >= 15 is 0 Å². The van der Waals surface area contributed by atoms with Crippen LogP contribution in [0.15, 0.2) is 23.1 Å². The molecule has 0 saturated carbocycles. The Morgan fingerprint density at radius 2 is 2.35 bits per heavy atom. The van der Waals surface area contributed by atoms with Crippen molar-refractivity contribution >= 4 is 23.4 Å². The van der Waals surface area contributed by atoms with E-state index in [0.717, 1.165) is 35.8 Å². The van der Waals surface area contributed by atoms with Crippen LogP contribution in [0.25, 0.3) is 0 Å². The smallest absolute Gasteiger partial charge is 0.338 e. The van der Waals surface area contributed by atoms with Crippen molar-refractivity contribution in [3.8, 4) is 0 Å². The minimum atomic E-state index is -0.871. The molecule has 0 bridgehead atoms. The average Bonchev–Trinajstić information content (AvgIpc) is 2.39. The fraction of sp³-hybridized carbons (Fsp3) is 0.533. The van der Waals surface area contributed by atoms with Gasteiger partial charge in [-0.1, -0.05) is 13.0 Å². The van der Waals surface area contributed by atoms with Crippen LogP contribution in [0.1, 0.15) is 37.0 Å². The zero-order valence-corrected chi connectivity index (χ0v) is 12.7. The maximum Gasteiger partial charge on any atom is 0.338 e. The number of thioether (sulfide) groups is 1. The molecule has 0 aromatic heterocycles. The van der Waals surface area contributed by atoms with Gasteiger partial charge in [-0.05, 0) is 37.7 Å². The number of rotatable bonds is 5. The van der Waals surface area contributed by atoms with Crippen molar-refractivity contribution in [3.63, 3.8) is 0 Å². The molecule has 1 aromatic rings. The first kappa shape index (κ1) is 15.2. The van der Waals surface area contributed by atoms with Crippen molar-refractivity contribution in [2.45, 2.75) is 43.7 Å². The van der Waals surface area contributed by atoms with Crippen molar-refractivity contribution < 1.29 is 14.6 Å². The van der Waals surface area contributed by atoms with Gasteiger partial charge < -0.3 is 15.2 Å². The van der Waals surface area contributed by atoms with Crippen LogP contribution >= 0.6 is 11.8 Å². The van der Waals surface area contributed by atoms with Crippen molar-refractivity contribution in [3.05, 3.63) is 23.8 Å². The molecule has 20 heavy (non-hydrogen) atoms. The monoisotopic (exact) mass is 295 g/mol. The summed E-state index contributed by atoms with van der Waals surface area (Å²) < 4.78 is 5.53. The van der Waals surface area contributed by atoms with Crippen molar-refractivity contribution in [1.82, 2.24) is 0 Å². The van der Waals surface area contributed by atoms with Gasteiger partial charge >= 0.3 is 5.97 Å². The van der Waals surface area contributed by atoms with Gasteiger partial charge in [0.1, 0.15) is 0 Å². The molecule has 2 unspecified atom stereocenters. The van der Waals surface area contributed by atoms with Gasteiger partial charge in [0.25, 0.3) is 0 Å². The number of benzene rings is 1. The number of carboxylic acids is 1. The van der Waals surface area contributed by atoms with E-state index in [1.54, 1.807) is 11.8 Å². The Morgan fingerprint density at radius 1 is 1.55 bits per heavy atom. The maximum atomic E-state index is 11.5. The number of anilines is 1. The van der Waals surface area contributed by atoms with Gasteiger partial charge in [-0.25, -0.2) is 4.79 Å². The van der Waals surface area contributed by atoms with Crippen LogP contribution in [-0.2, 0) is 4.74 Å². The SMILES string of the molecule is CCSc1cccc(NC2CCOC(C)C2)c1C(=O)O. The molecule has 1 fully saturated rings. The number of hydrogen-bond donors (Lipinski definition) is 2. The standard InChI is InChI=1S/C15H21NO3S/c1-3-20-13-6-4-5-12(14(13)15(17)18)16-11-7-8-19-10(2)9-11/h4-6,10-11,16H,3,7-9H2,1-2H3,(H,17,18). The zero-order valence-electron chi connectivity index (χ0n) is 11.9. The van der Waals surface area contributed by atoms with Gasteiger partial charge in [0.2, 0.25) is 0 Å². The molecule has 1 saturated heterocycles. The summed E-state index contributed by atoms with van der Waals surface area (Å²) in [5, 5.41) is 12.9. The molecule has 0 radical (unpaired) electrons. The molecule has 2 N–H and O–H groups in total. The number of aromatic carboxylic acids is 1. The number of carbonyl (C=O) groups is 1. The molecule has 2 atom stereocenters. The minimum Gasteiger partial charge on any atom is -0.478 e. The molecule has 110 valence electrons. The third-order valence-corrected chi connectivity index (χ3v) is 4.32. The number of ether oxygens (including phenoxy) is 1. The maximum absolute atomic E-state index is 11.5. The summed E-state index contributed by atoms with van der Waals surface area (Å²) in [5.41, 5.74) is 1.11. The lowest BCUT2D eigenvalue weighted by Crippen LogP contribution is -2.33. The quantitative estimate of drug-likeness (QED) is 0.815. The first-order chi connectivity index (χ1) is 9.61. The summed E-state index contributed by atoms with van der Waals surface area (Å²) in [7, 11) is 0. The second-order valence-corrected chi connectivity index (χ2v) is 6.27. The molecule has 1 aromatic carbocycles. The predicted molar refractivity (Wildman–Crippen MR) is 81.9 cm³/mol. The Bertz CT molecular complexity index is 478. The lowest BCUT2D eigenvalue weighted by Gasteiger charge is -2.29. The summed E-state index contributed by atoms with van der Waals surface area (Å²) in [6.07, 6.45) is 2.04. The highest BCUT2D eigenvalue weighted by Crippen LogP contribution is 2.30. The molecule has 1 heterocycles. The Balaban J connectivity index is 2.21. The molecule has 2 rings (SSSR count). The van der Waals surface area contributed by atoms with Crippen LogP contribution in [0.4, 0.5) is 5.69 Å². The Morgan fingerprint density at radius 3 is 3.00 bits per heavy atom. The van der Waals surface area contributed by atoms with E-state index in [2.05, 4.69) is 12.2 Å². The van der Waals surface area contributed by atoms with E-state index in [4.69, 9.17) is 4.74 Å². The van der Waals surface area contributed by atoms with E-state index in [1.807, 2.05) is 25.1 Å². The molecule has 0 spiro atoms. The zero-order chi connectivity index (χ0) is 14.5. The molecule has 4 nitrogen and oxygen atoms in total. The molecular formula is C15H21NO3S. The van der Waals surface area contributed by atoms with Crippen LogP contribution in [-0.4, -0.2) is 35.6 Å². The molecule has 1 aliphatic rings. The van der Waals surface area contributed by atoms with Crippen LogP contribution in [0.2, 0.25) is 0 Å². The summed E-state index contributed by atoms with van der Waals surface area (Å²) in [4.78, 5) is 12.4. The van der Waals surface area contributed by atoms with Crippen LogP contribution in [0, 0.1) is 0 Å². The predicted octanol–water partition coefficient (Wildman–Crippen LogP) is 3.48. The normalized spacial score (nSPS) is 22.5. The Labute approximate surface area is 123 Å². The third-order valence-electron chi connectivity index (χ3n) is 3.38. The lowest BCUT2D eigenvalue weighted by atomic mass is 10.0. The highest BCUT2D eigenvalue weighted by atomic mass is 32.2. The van der Waals surface area contributed by atoms with E-state index in [-0.39, 0.29) is 12.1 Å². The Hall–Kier alpha value is -1.20. The number of nitrogens with one attached hydrogen (secondary N) is 1. The van der Waals surface area contributed by atoms with Crippen molar-refractivity contribution in [2.24, 2.45) is 0 Å². The fourth-order valence-corrected chi connectivity index (χ4v) is 3.32. The highest BCUT2D eigenvalue weighted by Gasteiger charge is 2.22. The molecule has 5 heteroatoms. The largest absolute Gasteiger partial charge is 0.478 e. The van der Waals surface area contributed by atoms with Gasteiger partial charge in [-0.15, -0.1) is 11.8 Å². The van der Waals surface area contributed by atoms with Crippen LogP contribution in [0.3, 0.4) is 0 Å². The average molecular weight is 295 g/mol. The number of carboxylic acid groups (broad SMARTS) is 1. The number of hydrogen-bond acceptors (Lipinski definition) is 4. The van der Waals surface area contributed by atoms with Gasteiger partial charge in [-0.3, -0.25) is 0 Å². The summed E-state index contributed by atoms with van der Waals surface area (Å²) >= 11 is 1.56. The second-order valence-electron chi connectivity index (χ2n) is 4.96. The molecule has 0 aliphatic carbocycles. The lowest BCUT2D eigenvalue weighted by molar-refractivity contribution is 0.0232. The first-order valence-corrected chi connectivity index (χ1v) is 7.97. The minimum absolute atomic E-state index is 0.225. The topological polar surface area (TPSA) is 58.6 Å². The van der Waals surface area contributed by atoms with E-state index < -0.39 is 5.97 Å². The molecular weight excluding hydrogens is 274 g/mol. The van der Waals surface area contributed by atoms with Gasteiger partial charge in [0.15, 0.2) is 0 Å². The molecule has 0 amide bonds. The van der Waals surface area contributed by atoms with E-state index in [0.29, 0.717) is 5.56 Å². The fourth-order valence-electron chi connectivity index (χ4n) is 2.50. The van der Waals surface area contributed by atoms with Gasteiger partial charge in [-0.2, -0.15) is 0 Å². The molecule has 1 aliphatic heterocycles. The van der Waals surface area contributed by atoms with Crippen LogP contribution in [0.5, 0.6) is 0 Å². The summed E-state index contributed by atoms with van der Waals surface area (Å²) in [6, 6.07) is 5.91. The Kier molecular flexibility index (Phi) is 5.31. The van der Waals surface area contributed by atoms with E-state index in [9.17, 15) is 9.90 Å². The highest BCUT2D eigenvalue weighted by molar-refractivity contribution is 7.99. The van der Waals surface area contributed by atoms with Gasteiger partial charge in [0.05, 0.1) is 17.4 Å². The second kappa shape index (κ2) is 6.99. The van der Waals surface area contributed by atoms with Crippen molar-refractivity contribution in [1.29, 1.82) is 0 Å². The van der Waals surface area contributed by atoms with Crippen LogP contribution < -0.4 is 5.32 Å². The first-order valence-electron chi connectivity index (χ1n) is 6.99. The third kappa shape index (κ3) is 3.67.